The smallest absolute Gasteiger partial charge is 0.306 e. The molecule has 0 bridgehead atoms. The van der Waals surface area contributed by atoms with Crippen LogP contribution in [0.1, 0.15) is 304 Å². The van der Waals surface area contributed by atoms with Gasteiger partial charge in [-0.25, -0.2) is 0 Å². The van der Waals surface area contributed by atoms with Crippen molar-refractivity contribution < 1.29 is 28.6 Å². The predicted molar refractivity (Wildman–Crippen MR) is 261 cm³/mol. The van der Waals surface area contributed by atoms with Crippen LogP contribution in [0.25, 0.3) is 0 Å². The van der Waals surface area contributed by atoms with Crippen LogP contribution >= 0.6 is 0 Å². The molecule has 0 fully saturated rings. The number of carbonyl (C=O) groups excluding carboxylic acids is 3. The third kappa shape index (κ3) is 47.7. The molecule has 0 rings (SSSR count). The Hall–Kier alpha value is -1.59. The van der Waals surface area contributed by atoms with Gasteiger partial charge in [0.2, 0.25) is 0 Å². The van der Waals surface area contributed by atoms with Gasteiger partial charge in [0.15, 0.2) is 6.10 Å². The van der Waals surface area contributed by atoms with Crippen LogP contribution in [-0.4, -0.2) is 37.2 Å². The van der Waals surface area contributed by atoms with E-state index in [1.165, 1.54) is 193 Å². The monoisotopic (exact) mass is 863 g/mol. The van der Waals surface area contributed by atoms with Crippen molar-refractivity contribution in [3.8, 4) is 0 Å². The molecule has 0 aromatic heterocycles. The van der Waals surface area contributed by atoms with E-state index in [0.717, 1.165) is 69.6 Å². The molecule has 0 spiro atoms. The standard InChI is InChI=1S/C55H106O6/c1-6-8-9-10-11-12-13-15-19-25-30-35-40-45-53(56)59-48-52(61-55(58)47-42-37-32-27-22-21-24-29-34-39-44-51(5)7-2)49-60-54(57)46-41-36-31-26-20-17-14-16-18-23-28-33-38-43-50(3)4/h50-52H,6-49H2,1-5H3/t51?,52-/m1/s1. The van der Waals surface area contributed by atoms with E-state index in [0.29, 0.717) is 19.3 Å². The fourth-order valence-corrected chi connectivity index (χ4v) is 8.31. The summed E-state index contributed by atoms with van der Waals surface area (Å²) in [5.41, 5.74) is 0. The van der Waals surface area contributed by atoms with Gasteiger partial charge in [-0.2, -0.15) is 0 Å². The number of carbonyl (C=O) groups is 3. The van der Waals surface area contributed by atoms with Crippen molar-refractivity contribution in [1.29, 1.82) is 0 Å². The van der Waals surface area contributed by atoms with Gasteiger partial charge in [-0.15, -0.1) is 0 Å². The molecule has 61 heavy (non-hydrogen) atoms. The van der Waals surface area contributed by atoms with E-state index < -0.39 is 6.10 Å². The molecule has 0 amide bonds. The molecule has 0 radical (unpaired) electrons. The molecular formula is C55H106O6. The van der Waals surface area contributed by atoms with Crippen molar-refractivity contribution in [3.05, 3.63) is 0 Å². The van der Waals surface area contributed by atoms with E-state index >= 15 is 0 Å². The SMILES string of the molecule is CCCCCCCCCCCCCCCC(=O)OC[C@H](COC(=O)CCCCCCCCCCCCCCCC(C)C)OC(=O)CCCCCCCCCCCCC(C)CC. The number of hydrogen-bond acceptors (Lipinski definition) is 6. The molecule has 0 aliphatic carbocycles. The number of ether oxygens (including phenoxy) is 3. The number of esters is 3. The topological polar surface area (TPSA) is 78.9 Å². The van der Waals surface area contributed by atoms with Crippen LogP contribution in [0, 0.1) is 11.8 Å². The maximum atomic E-state index is 12.8. The summed E-state index contributed by atoms with van der Waals surface area (Å²) >= 11 is 0. The van der Waals surface area contributed by atoms with Crippen LogP contribution in [0.3, 0.4) is 0 Å². The van der Waals surface area contributed by atoms with Gasteiger partial charge in [0.05, 0.1) is 0 Å². The van der Waals surface area contributed by atoms with Gasteiger partial charge in [0, 0.05) is 19.3 Å². The van der Waals surface area contributed by atoms with E-state index in [1.54, 1.807) is 0 Å². The van der Waals surface area contributed by atoms with Crippen molar-refractivity contribution in [3.63, 3.8) is 0 Å². The molecule has 2 atom stereocenters. The van der Waals surface area contributed by atoms with Crippen LogP contribution < -0.4 is 0 Å². The van der Waals surface area contributed by atoms with Gasteiger partial charge in [0.1, 0.15) is 13.2 Å². The predicted octanol–water partition coefficient (Wildman–Crippen LogP) is 17.7. The second kappa shape index (κ2) is 47.9. The molecule has 6 nitrogen and oxygen atoms in total. The second-order valence-corrected chi connectivity index (χ2v) is 19.6. The van der Waals surface area contributed by atoms with Gasteiger partial charge in [-0.3, -0.25) is 14.4 Å². The highest BCUT2D eigenvalue weighted by molar-refractivity contribution is 5.71. The first-order valence-electron chi connectivity index (χ1n) is 27.3. The first-order valence-corrected chi connectivity index (χ1v) is 27.3. The van der Waals surface area contributed by atoms with Crippen molar-refractivity contribution in [2.75, 3.05) is 13.2 Å². The van der Waals surface area contributed by atoms with Crippen molar-refractivity contribution in [2.45, 2.75) is 310 Å². The largest absolute Gasteiger partial charge is 0.462 e. The lowest BCUT2D eigenvalue weighted by atomic mass is 9.99. The molecule has 0 saturated heterocycles. The molecule has 0 aliphatic heterocycles. The highest BCUT2D eigenvalue weighted by Crippen LogP contribution is 2.18. The lowest BCUT2D eigenvalue weighted by molar-refractivity contribution is -0.167. The Kier molecular flexibility index (Phi) is 46.6. The minimum atomic E-state index is -0.762. The molecule has 1 unspecified atom stereocenters. The van der Waals surface area contributed by atoms with Crippen LogP contribution in [-0.2, 0) is 28.6 Å². The lowest BCUT2D eigenvalue weighted by Gasteiger charge is -2.18. The first-order chi connectivity index (χ1) is 29.8. The van der Waals surface area contributed by atoms with Gasteiger partial charge >= 0.3 is 17.9 Å². The Morgan fingerprint density at radius 2 is 0.623 bits per heavy atom. The molecule has 0 heterocycles. The molecule has 6 heteroatoms. The second-order valence-electron chi connectivity index (χ2n) is 19.6. The summed E-state index contributed by atoms with van der Waals surface area (Å²) in [5.74, 6) is 0.863. The van der Waals surface area contributed by atoms with E-state index in [9.17, 15) is 14.4 Å². The Morgan fingerprint density at radius 3 is 0.934 bits per heavy atom. The quantitative estimate of drug-likeness (QED) is 0.0344. The Bertz CT molecular complexity index is 933. The average molecular weight is 863 g/mol. The van der Waals surface area contributed by atoms with Crippen LogP contribution in [0.5, 0.6) is 0 Å². The zero-order valence-electron chi connectivity index (χ0n) is 41.8. The minimum Gasteiger partial charge on any atom is -0.462 e. The van der Waals surface area contributed by atoms with E-state index in [4.69, 9.17) is 14.2 Å². The van der Waals surface area contributed by atoms with Crippen LogP contribution in [0.2, 0.25) is 0 Å². The fourth-order valence-electron chi connectivity index (χ4n) is 8.31. The Morgan fingerprint density at radius 1 is 0.344 bits per heavy atom. The molecule has 0 aromatic carbocycles. The molecule has 0 aliphatic rings. The van der Waals surface area contributed by atoms with Gasteiger partial charge < -0.3 is 14.2 Å². The summed E-state index contributed by atoms with van der Waals surface area (Å²) < 4.78 is 16.8. The summed E-state index contributed by atoms with van der Waals surface area (Å²) in [5, 5.41) is 0. The van der Waals surface area contributed by atoms with E-state index in [1.807, 2.05) is 0 Å². The highest BCUT2D eigenvalue weighted by Gasteiger charge is 2.19. The fraction of sp³-hybridized carbons (Fsp3) is 0.945. The molecular weight excluding hydrogens is 757 g/mol. The summed E-state index contributed by atoms with van der Waals surface area (Å²) in [6.07, 6.45) is 49.3. The summed E-state index contributed by atoms with van der Waals surface area (Å²) in [4.78, 5) is 38.0. The van der Waals surface area contributed by atoms with Crippen molar-refractivity contribution in [1.82, 2.24) is 0 Å². The maximum absolute atomic E-state index is 12.8. The molecule has 362 valence electrons. The molecule has 0 saturated carbocycles. The third-order valence-electron chi connectivity index (χ3n) is 12.8. The highest BCUT2D eigenvalue weighted by atomic mass is 16.6. The normalized spacial score (nSPS) is 12.5. The van der Waals surface area contributed by atoms with E-state index in [2.05, 4.69) is 34.6 Å². The number of hydrogen-bond donors (Lipinski definition) is 0. The summed E-state index contributed by atoms with van der Waals surface area (Å²) in [7, 11) is 0. The van der Waals surface area contributed by atoms with Gasteiger partial charge in [0.25, 0.3) is 0 Å². The Labute approximate surface area is 380 Å². The summed E-state index contributed by atoms with van der Waals surface area (Å²) in [6, 6.07) is 0. The van der Waals surface area contributed by atoms with Crippen molar-refractivity contribution in [2.24, 2.45) is 11.8 Å². The Balaban J connectivity index is 4.31. The van der Waals surface area contributed by atoms with Gasteiger partial charge in [-0.1, -0.05) is 266 Å². The van der Waals surface area contributed by atoms with E-state index in [-0.39, 0.29) is 31.1 Å². The zero-order chi connectivity index (χ0) is 44.7. The minimum absolute atomic E-state index is 0.0633. The van der Waals surface area contributed by atoms with Crippen LogP contribution in [0.4, 0.5) is 0 Å². The summed E-state index contributed by atoms with van der Waals surface area (Å²) in [6.45, 7) is 11.4. The third-order valence-corrected chi connectivity index (χ3v) is 12.8. The first kappa shape index (κ1) is 59.4. The van der Waals surface area contributed by atoms with Gasteiger partial charge in [-0.05, 0) is 31.1 Å². The number of unbranched alkanes of at least 4 members (excludes halogenated alkanes) is 33. The molecule has 0 N–H and O–H groups in total. The average Bonchev–Trinajstić information content (AvgIpc) is 3.24. The lowest BCUT2D eigenvalue weighted by Crippen LogP contribution is -2.30. The van der Waals surface area contributed by atoms with Crippen molar-refractivity contribution >= 4 is 17.9 Å². The number of rotatable bonds is 49. The van der Waals surface area contributed by atoms with Crippen LogP contribution in [0.15, 0.2) is 0 Å². The maximum Gasteiger partial charge on any atom is 0.306 e. The molecule has 0 aromatic rings. The zero-order valence-corrected chi connectivity index (χ0v) is 41.8.